The maximum atomic E-state index is 5.85. The van der Waals surface area contributed by atoms with Crippen molar-refractivity contribution >= 4 is 15.9 Å². The topological polar surface area (TPSA) is 34.2 Å². The van der Waals surface area contributed by atoms with Crippen LogP contribution in [0.25, 0.3) is 0 Å². The van der Waals surface area contributed by atoms with E-state index in [1.54, 1.807) is 0 Å². The Morgan fingerprint density at radius 3 is 2.85 bits per heavy atom. The van der Waals surface area contributed by atoms with Gasteiger partial charge in [-0.15, -0.1) is 0 Å². The van der Waals surface area contributed by atoms with Crippen molar-refractivity contribution in [3.05, 3.63) is 52.1 Å². The largest absolute Gasteiger partial charge is 0.438 e. The van der Waals surface area contributed by atoms with E-state index in [9.17, 15) is 0 Å². The Balaban J connectivity index is 1.71. The Hall–Kier alpha value is -1.39. The molecule has 1 aromatic carbocycles. The van der Waals surface area contributed by atoms with Crippen molar-refractivity contribution in [2.75, 3.05) is 0 Å². The van der Waals surface area contributed by atoms with Crippen molar-refractivity contribution in [2.45, 2.75) is 32.4 Å². The maximum absolute atomic E-state index is 5.85. The molecule has 3 nitrogen and oxygen atoms in total. The molecular weight excluding hydrogens is 316 g/mol. The number of benzene rings is 1. The van der Waals surface area contributed by atoms with Gasteiger partial charge in [0.2, 0.25) is 5.88 Å². The van der Waals surface area contributed by atoms with E-state index in [1.807, 2.05) is 37.4 Å². The third-order valence-corrected chi connectivity index (χ3v) is 3.96. The minimum Gasteiger partial charge on any atom is -0.438 e. The molecule has 1 aliphatic rings. The standard InChI is InChI=1S/C16H17BrN2O/c1-11-8-12(9-18-13-6-7-13)10-19-16(11)20-15-5-3-2-4-14(15)17/h2-5,8,10,13,18H,6-7,9H2,1H3. The van der Waals surface area contributed by atoms with E-state index >= 15 is 0 Å². The normalized spacial score (nSPS) is 14.3. The molecule has 1 aromatic heterocycles. The molecule has 104 valence electrons. The minimum absolute atomic E-state index is 0.659. The molecule has 0 bridgehead atoms. The Kier molecular flexibility index (Phi) is 4.03. The van der Waals surface area contributed by atoms with Gasteiger partial charge in [0, 0.05) is 24.3 Å². The van der Waals surface area contributed by atoms with Gasteiger partial charge < -0.3 is 10.1 Å². The van der Waals surface area contributed by atoms with Crippen molar-refractivity contribution in [2.24, 2.45) is 0 Å². The van der Waals surface area contributed by atoms with Crippen LogP contribution < -0.4 is 10.1 Å². The van der Waals surface area contributed by atoms with Crippen LogP contribution in [-0.4, -0.2) is 11.0 Å². The Bertz CT molecular complexity index is 611. The van der Waals surface area contributed by atoms with Crippen molar-refractivity contribution in [3.8, 4) is 11.6 Å². The van der Waals surface area contributed by atoms with Gasteiger partial charge in [0.1, 0.15) is 5.75 Å². The van der Waals surface area contributed by atoms with E-state index in [0.29, 0.717) is 11.9 Å². The number of nitrogens with zero attached hydrogens (tertiary/aromatic N) is 1. The number of rotatable bonds is 5. The molecular formula is C16H17BrN2O. The van der Waals surface area contributed by atoms with Crippen LogP contribution in [0.15, 0.2) is 41.0 Å². The molecule has 1 N–H and O–H groups in total. The molecule has 0 radical (unpaired) electrons. The average molecular weight is 333 g/mol. The molecule has 0 spiro atoms. The third-order valence-electron chi connectivity index (χ3n) is 3.30. The highest BCUT2D eigenvalue weighted by atomic mass is 79.9. The van der Waals surface area contributed by atoms with Crippen LogP contribution in [0.3, 0.4) is 0 Å². The summed E-state index contributed by atoms with van der Waals surface area (Å²) in [5.74, 6) is 1.44. The lowest BCUT2D eigenvalue weighted by molar-refractivity contribution is 0.455. The van der Waals surface area contributed by atoms with Gasteiger partial charge in [0.05, 0.1) is 4.47 Å². The van der Waals surface area contributed by atoms with Crippen molar-refractivity contribution in [1.29, 1.82) is 0 Å². The Labute approximate surface area is 127 Å². The van der Waals surface area contributed by atoms with Crippen LogP contribution in [0.2, 0.25) is 0 Å². The predicted molar refractivity (Wildman–Crippen MR) is 83.1 cm³/mol. The van der Waals surface area contributed by atoms with Crippen molar-refractivity contribution in [3.63, 3.8) is 0 Å². The molecule has 2 aromatic rings. The quantitative estimate of drug-likeness (QED) is 0.891. The van der Waals surface area contributed by atoms with Gasteiger partial charge in [-0.25, -0.2) is 4.98 Å². The number of halogens is 1. The van der Waals surface area contributed by atoms with E-state index in [1.165, 1.54) is 18.4 Å². The van der Waals surface area contributed by atoms with E-state index in [-0.39, 0.29) is 0 Å². The Morgan fingerprint density at radius 1 is 1.35 bits per heavy atom. The number of pyridine rings is 1. The van der Waals surface area contributed by atoms with Crippen LogP contribution in [0.5, 0.6) is 11.6 Å². The number of aryl methyl sites for hydroxylation is 1. The summed E-state index contributed by atoms with van der Waals surface area (Å²) in [5.41, 5.74) is 2.25. The number of para-hydroxylation sites is 1. The summed E-state index contributed by atoms with van der Waals surface area (Å²) in [6.07, 6.45) is 4.49. The monoisotopic (exact) mass is 332 g/mol. The van der Waals surface area contributed by atoms with Crippen molar-refractivity contribution in [1.82, 2.24) is 10.3 Å². The van der Waals surface area contributed by atoms with Gasteiger partial charge >= 0.3 is 0 Å². The second-order valence-corrected chi connectivity index (χ2v) is 6.01. The molecule has 1 aliphatic carbocycles. The molecule has 4 heteroatoms. The summed E-state index contributed by atoms with van der Waals surface area (Å²) in [6.45, 7) is 2.91. The smallest absolute Gasteiger partial charge is 0.222 e. The molecule has 1 fully saturated rings. The first-order chi connectivity index (χ1) is 9.72. The zero-order valence-corrected chi connectivity index (χ0v) is 13.0. The summed E-state index contributed by atoms with van der Waals surface area (Å²) in [6, 6.07) is 10.6. The highest BCUT2D eigenvalue weighted by Gasteiger charge is 2.20. The fourth-order valence-corrected chi connectivity index (χ4v) is 2.37. The average Bonchev–Trinajstić information content (AvgIpc) is 3.26. The lowest BCUT2D eigenvalue weighted by Gasteiger charge is -2.10. The third kappa shape index (κ3) is 3.38. The van der Waals surface area contributed by atoms with Gasteiger partial charge in [-0.05, 0) is 59.5 Å². The molecule has 0 amide bonds. The molecule has 20 heavy (non-hydrogen) atoms. The van der Waals surface area contributed by atoms with Crippen LogP contribution in [0.1, 0.15) is 24.0 Å². The van der Waals surface area contributed by atoms with E-state index in [4.69, 9.17) is 4.74 Å². The lowest BCUT2D eigenvalue weighted by atomic mass is 10.2. The summed E-state index contributed by atoms with van der Waals surface area (Å²) < 4.78 is 6.79. The number of hydrogen-bond donors (Lipinski definition) is 1. The first-order valence-corrected chi connectivity index (χ1v) is 7.63. The number of hydrogen-bond acceptors (Lipinski definition) is 3. The molecule has 1 saturated carbocycles. The van der Waals surface area contributed by atoms with Gasteiger partial charge in [0.15, 0.2) is 0 Å². The van der Waals surface area contributed by atoms with Crippen LogP contribution in [0.4, 0.5) is 0 Å². The highest BCUT2D eigenvalue weighted by Crippen LogP contribution is 2.30. The van der Waals surface area contributed by atoms with E-state index in [0.717, 1.165) is 22.3 Å². The Morgan fingerprint density at radius 2 is 2.15 bits per heavy atom. The number of nitrogens with one attached hydrogen (secondary N) is 1. The zero-order chi connectivity index (χ0) is 13.9. The van der Waals surface area contributed by atoms with Gasteiger partial charge in [-0.2, -0.15) is 0 Å². The van der Waals surface area contributed by atoms with Crippen LogP contribution in [0, 0.1) is 6.92 Å². The zero-order valence-electron chi connectivity index (χ0n) is 11.4. The number of ether oxygens (including phenoxy) is 1. The van der Waals surface area contributed by atoms with Gasteiger partial charge in [0.25, 0.3) is 0 Å². The molecule has 0 saturated heterocycles. The fourth-order valence-electron chi connectivity index (χ4n) is 2.01. The van der Waals surface area contributed by atoms with Crippen LogP contribution >= 0.6 is 15.9 Å². The number of aromatic nitrogens is 1. The minimum atomic E-state index is 0.659. The SMILES string of the molecule is Cc1cc(CNC2CC2)cnc1Oc1ccccc1Br. The summed E-state index contributed by atoms with van der Waals surface area (Å²) >= 11 is 3.48. The summed E-state index contributed by atoms with van der Waals surface area (Å²) in [4.78, 5) is 4.43. The molecule has 0 unspecified atom stereocenters. The lowest BCUT2D eigenvalue weighted by Crippen LogP contribution is -2.15. The molecule has 3 rings (SSSR count). The van der Waals surface area contributed by atoms with Crippen LogP contribution in [-0.2, 0) is 6.54 Å². The maximum Gasteiger partial charge on any atom is 0.222 e. The molecule has 0 atom stereocenters. The first-order valence-electron chi connectivity index (χ1n) is 6.83. The molecule has 0 aliphatic heterocycles. The highest BCUT2D eigenvalue weighted by molar-refractivity contribution is 9.10. The van der Waals surface area contributed by atoms with E-state index in [2.05, 4.69) is 32.3 Å². The second-order valence-electron chi connectivity index (χ2n) is 5.15. The predicted octanol–water partition coefficient (Wildman–Crippen LogP) is 4.20. The van der Waals surface area contributed by atoms with Gasteiger partial charge in [-0.3, -0.25) is 0 Å². The van der Waals surface area contributed by atoms with Gasteiger partial charge in [-0.1, -0.05) is 12.1 Å². The summed E-state index contributed by atoms with van der Waals surface area (Å²) in [5, 5.41) is 3.49. The fraction of sp³-hybridized carbons (Fsp3) is 0.312. The van der Waals surface area contributed by atoms with E-state index < -0.39 is 0 Å². The van der Waals surface area contributed by atoms with Crippen molar-refractivity contribution < 1.29 is 4.74 Å². The second kappa shape index (κ2) is 5.94. The molecule has 1 heterocycles. The first kappa shape index (κ1) is 13.6. The summed E-state index contributed by atoms with van der Waals surface area (Å²) in [7, 11) is 0.